The fourth-order valence-corrected chi connectivity index (χ4v) is 2.62. The van der Waals surface area contributed by atoms with Gasteiger partial charge in [0.25, 0.3) is 0 Å². The highest BCUT2D eigenvalue weighted by molar-refractivity contribution is 6.31. The molecule has 1 N–H and O–H groups in total. The molecule has 2 heterocycles. The number of nitrogens with zero attached hydrogens (tertiary/aromatic N) is 4. The number of para-hydroxylation sites is 1. The zero-order valence-corrected chi connectivity index (χ0v) is 12.3. The van der Waals surface area contributed by atoms with Crippen molar-refractivity contribution in [2.45, 2.75) is 13.5 Å². The maximum Gasteiger partial charge on any atom is 0.357 e. The molecule has 3 rings (SSSR count). The average Bonchev–Trinajstić information content (AvgIpc) is 2.93. The number of hydrogen-bond acceptors (Lipinski definition) is 3. The van der Waals surface area contributed by atoms with E-state index in [2.05, 4.69) is 10.2 Å². The maximum atomic E-state index is 11.3. The Labute approximate surface area is 125 Å². The fourth-order valence-electron chi connectivity index (χ4n) is 2.40. The quantitative estimate of drug-likeness (QED) is 0.807. The number of aromatic carboxylic acids is 1. The summed E-state index contributed by atoms with van der Waals surface area (Å²) in [5.41, 5.74) is 2.33. The lowest BCUT2D eigenvalue weighted by atomic mass is 10.2. The van der Waals surface area contributed by atoms with Crippen LogP contribution in [0.15, 0.2) is 24.3 Å². The van der Waals surface area contributed by atoms with E-state index < -0.39 is 5.97 Å². The third kappa shape index (κ3) is 2.17. The third-order valence-corrected chi connectivity index (χ3v) is 3.91. The summed E-state index contributed by atoms with van der Waals surface area (Å²) in [7, 11) is 1.80. The number of benzene rings is 1. The summed E-state index contributed by atoms with van der Waals surface area (Å²) in [5, 5.41) is 18.9. The van der Waals surface area contributed by atoms with Crippen molar-refractivity contribution in [3.8, 4) is 0 Å². The van der Waals surface area contributed by atoms with Crippen molar-refractivity contribution in [2.24, 2.45) is 7.05 Å². The van der Waals surface area contributed by atoms with Gasteiger partial charge < -0.3 is 5.11 Å². The number of aryl methyl sites for hydroxylation is 2. The largest absolute Gasteiger partial charge is 0.476 e. The van der Waals surface area contributed by atoms with Crippen LogP contribution in [-0.4, -0.2) is 30.6 Å². The van der Waals surface area contributed by atoms with E-state index in [9.17, 15) is 9.90 Å². The SMILES string of the molecule is Cc1nn(C)c(Cn2nc(C(=O)O)c3ccccc32)c1Cl. The second-order valence-electron chi connectivity index (χ2n) is 4.80. The molecule has 0 amide bonds. The van der Waals surface area contributed by atoms with Gasteiger partial charge in [-0.15, -0.1) is 0 Å². The Morgan fingerprint density at radius 3 is 2.67 bits per heavy atom. The lowest BCUT2D eigenvalue weighted by Crippen LogP contribution is -2.08. The van der Waals surface area contributed by atoms with Crippen LogP contribution in [0.25, 0.3) is 10.9 Å². The zero-order valence-electron chi connectivity index (χ0n) is 11.5. The molecule has 2 aromatic heterocycles. The van der Waals surface area contributed by atoms with Crippen LogP contribution in [-0.2, 0) is 13.6 Å². The van der Waals surface area contributed by atoms with Crippen LogP contribution in [0.4, 0.5) is 0 Å². The molecule has 0 atom stereocenters. The first-order valence-corrected chi connectivity index (χ1v) is 6.73. The number of aromatic nitrogens is 4. The van der Waals surface area contributed by atoms with Gasteiger partial charge in [0.2, 0.25) is 0 Å². The van der Waals surface area contributed by atoms with Gasteiger partial charge in [-0.3, -0.25) is 9.36 Å². The molecule has 0 aliphatic rings. The minimum atomic E-state index is -1.04. The number of carbonyl (C=O) groups is 1. The molecule has 0 aliphatic heterocycles. The lowest BCUT2D eigenvalue weighted by molar-refractivity contribution is 0.0691. The van der Waals surface area contributed by atoms with E-state index in [1.807, 2.05) is 19.1 Å². The Bertz CT molecular complexity index is 850. The molecule has 7 heteroatoms. The summed E-state index contributed by atoms with van der Waals surface area (Å²) < 4.78 is 3.33. The highest BCUT2D eigenvalue weighted by atomic mass is 35.5. The minimum absolute atomic E-state index is 0.0422. The smallest absolute Gasteiger partial charge is 0.357 e. The molecule has 0 unspecified atom stereocenters. The van der Waals surface area contributed by atoms with Crippen molar-refractivity contribution in [1.82, 2.24) is 19.6 Å². The van der Waals surface area contributed by atoms with Crippen LogP contribution < -0.4 is 0 Å². The van der Waals surface area contributed by atoms with E-state index in [4.69, 9.17) is 11.6 Å². The van der Waals surface area contributed by atoms with Crippen LogP contribution in [0.1, 0.15) is 21.9 Å². The summed E-state index contributed by atoms with van der Waals surface area (Å²) in [6.45, 7) is 2.19. The molecule has 1 aromatic carbocycles. The topological polar surface area (TPSA) is 72.9 Å². The molecule has 6 nitrogen and oxygen atoms in total. The molecule has 0 bridgehead atoms. The maximum absolute atomic E-state index is 11.3. The van der Waals surface area contributed by atoms with Crippen LogP contribution in [0.5, 0.6) is 0 Å². The van der Waals surface area contributed by atoms with Crippen molar-refractivity contribution in [2.75, 3.05) is 0 Å². The molecule has 0 radical (unpaired) electrons. The van der Waals surface area contributed by atoms with Gasteiger partial charge in [0.05, 0.1) is 28.5 Å². The van der Waals surface area contributed by atoms with Gasteiger partial charge in [0.1, 0.15) is 0 Å². The summed E-state index contributed by atoms with van der Waals surface area (Å²) in [4.78, 5) is 11.3. The summed E-state index contributed by atoms with van der Waals surface area (Å²) in [6.07, 6.45) is 0. The first kappa shape index (κ1) is 13.6. The zero-order chi connectivity index (χ0) is 15.1. The molecular formula is C14H13ClN4O2. The van der Waals surface area contributed by atoms with E-state index in [1.54, 1.807) is 28.5 Å². The van der Waals surface area contributed by atoms with E-state index in [0.717, 1.165) is 16.9 Å². The van der Waals surface area contributed by atoms with Crippen molar-refractivity contribution in [3.05, 3.63) is 46.4 Å². The average molecular weight is 305 g/mol. The molecule has 0 saturated carbocycles. The van der Waals surface area contributed by atoms with Gasteiger partial charge in [0, 0.05) is 12.4 Å². The normalized spacial score (nSPS) is 11.2. The van der Waals surface area contributed by atoms with Crippen molar-refractivity contribution in [1.29, 1.82) is 0 Å². The second-order valence-corrected chi connectivity index (χ2v) is 5.18. The number of carboxylic acids is 1. The number of fused-ring (bicyclic) bond motifs is 1. The number of halogens is 1. The molecular weight excluding hydrogens is 292 g/mol. The summed E-state index contributed by atoms with van der Waals surface area (Å²) >= 11 is 6.24. The molecule has 0 fully saturated rings. The minimum Gasteiger partial charge on any atom is -0.476 e. The van der Waals surface area contributed by atoms with Crippen molar-refractivity contribution >= 4 is 28.5 Å². The Hall–Kier alpha value is -2.34. The van der Waals surface area contributed by atoms with Gasteiger partial charge in [0.15, 0.2) is 5.69 Å². The van der Waals surface area contributed by atoms with E-state index >= 15 is 0 Å². The number of rotatable bonds is 3. The van der Waals surface area contributed by atoms with Gasteiger partial charge in [-0.1, -0.05) is 29.8 Å². The van der Waals surface area contributed by atoms with Crippen molar-refractivity contribution in [3.63, 3.8) is 0 Å². The van der Waals surface area contributed by atoms with Gasteiger partial charge in [-0.25, -0.2) is 4.79 Å². The highest BCUT2D eigenvalue weighted by Crippen LogP contribution is 2.23. The second kappa shape index (κ2) is 4.89. The molecule has 21 heavy (non-hydrogen) atoms. The monoisotopic (exact) mass is 304 g/mol. The highest BCUT2D eigenvalue weighted by Gasteiger charge is 2.18. The van der Waals surface area contributed by atoms with Crippen LogP contribution in [0.3, 0.4) is 0 Å². The van der Waals surface area contributed by atoms with Crippen LogP contribution in [0, 0.1) is 6.92 Å². The molecule has 0 saturated heterocycles. The van der Waals surface area contributed by atoms with Crippen molar-refractivity contribution < 1.29 is 9.90 Å². The van der Waals surface area contributed by atoms with E-state index in [-0.39, 0.29) is 5.69 Å². The van der Waals surface area contributed by atoms with Crippen LogP contribution >= 0.6 is 11.6 Å². The molecule has 3 aromatic rings. The number of carboxylic acid groups (broad SMARTS) is 1. The Morgan fingerprint density at radius 1 is 1.33 bits per heavy atom. The first-order chi connectivity index (χ1) is 9.99. The first-order valence-electron chi connectivity index (χ1n) is 6.36. The molecule has 108 valence electrons. The lowest BCUT2D eigenvalue weighted by Gasteiger charge is -2.05. The number of hydrogen-bond donors (Lipinski definition) is 1. The Kier molecular flexibility index (Phi) is 3.17. The van der Waals surface area contributed by atoms with Gasteiger partial charge >= 0.3 is 5.97 Å². The van der Waals surface area contributed by atoms with Crippen LogP contribution in [0.2, 0.25) is 5.02 Å². The summed E-state index contributed by atoms with van der Waals surface area (Å²) in [6, 6.07) is 7.23. The predicted molar refractivity (Wildman–Crippen MR) is 78.7 cm³/mol. The summed E-state index contributed by atoms with van der Waals surface area (Å²) in [5.74, 6) is -1.04. The van der Waals surface area contributed by atoms with Gasteiger partial charge in [-0.2, -0.15) is 10.2 Å². The predicted octanol–water partition coefficient (Wildman–Crippen LogP) is 2.48. The Morgan fingerprint density at radius 2 is 2.05 bits per heavy atom. The van der Waals surface area contributed by atoms with E-state index in [0.29, 0.717) is 17.0 Å². The third-order valence-electron chi connectivity index (χ3n) is 3.42. The molecule has 0 spiro atoms. The fraction of sp³-hybridized carbons (Fsp3) is 0.214. The standard InChI is InChI=1S/C14H13ClN4O2/c1-8-12(15)11(18(2)16-8)7-19-10-6-4-3-5-9(10)13(17-19)14(20)21/h3-6H,7H2,1-2H3,(H,20,21). The van der Waals surface area contributed by atoms with E-state index in [1.165, 1.54) is 0 Å². The van der Waals surface area contributed by atoms with Gasteiger partial charge in [-0.05, 0) is 13.0 Å². The Balaban J connectivity index is 2.15. The molecule has 0 aliphatic carbocycles.